The first kappa shape index (κ1) is 18.4. The van der Waals surface area contributed by atoms with Crippen LogP contribution >= 0.6 is 22.2 Å². The van der Waals surface area contributed by atoms with Crippen LogP contribution in [0.5, 0.6) is 0 Å². The predicted octanol–water partition coefficient (Wildman–Crippen LogP) is 3.56. The molecule has 0 radical (unpaired) electrons. The van der Waals surface area contributed by atoms with E-state index in [9.17, 15) is 0 Å². The molecule has 0 aliphatic heterocycles. The van der Waals surface area contributed by atoms with Gasteiger partial charge in [-0.1, -0.05) is 39.1 Å². The molecule has 0 aromatic rings. The monoisotopic (exact) mass is 324 g/mol. The van der Waals surface area contributed by atoms with Crippen LogP contribution in [0, 0.1) is 0 Å². The Morgan fingerprint density at radius 1 is 0.833 bits per heavy atom. The van der Waals surface area contributed by atoms with Crippen LogP contribution in [0.4, 0.5) is 0 Å². The lowest BCUT2D eigenvalue weighted by molar-refractivity contribution is 0.463. The van der Waals surface area contributed by atoms with E-state index >= 15 is 0 Å². The minimum atomic E-state index is -2.61. The number of nitrogens with zero attached hydrogens (tertiary/aromatic N) is 2. The molecule has 6 heteroatoms. The zero-order chi connectivity index (χ0) is 14.4. The lowest BCUT2D eigenvalue weighted by atomic mass is 10.7. The van der Waals surface area contributed by atoms with Crippen LogP contribution in [0.2, 0.25) is 0 Å². The second-order valence-corrected chi connectivity index (χ2v) is 19.3. The van der Waals surface area contributed by atoms with Crippen LogP contribution in [0.3, 0.4) is 0 Å². The highest BCUT2D eigenvalue weighted by molar-refractivity contribution is 7.75. The van der Waals surface area contributed by atoms with Gasteiger partial charge in [0.05, 0.1) is 0 Å². The molecule has 0 fully saturated rings. The first-order valence-electron chi connectivity index (χ1n) is 6.56. The summed E-state index contributed by atoms with van der Waals surface area (Å²) < 4.78 is 4.58. The maximum absolute atomic E-state index is 6.89. The van der Waals surface area contributed by atoms with Crippen molar-refractivity contribution in [1.82, 2.24) is 9.13 Å². The molecular weight excluding hydrogens is 299 g/mol. The molecule has 0 aromatic carbocycles. The molecule has 18 heavy (non-hydrogen) atoms. The molecule has 0 saturated carbocycles. The first-order chi connectivity index (χ1) is 8.41. The standard InChI is InChI=1S/C12H26Cl2N2Si2/c1-7-15(8-2)17(11-5,12-6)18(13,14)16(9-3)10-4/h11-12H,5-10H2,1-4H3. The molecular formula is C12H26Cl2N2Si2. The van der Waals surface area contributed by atoms with Gasteiger partial charge in [-0.05, 0) is 26.2 Å². The summed E-state index contributed by atoms with van der Waals surface area (Å²) in [6, 6.07) is 0. The topological polar surface area (TPSA) is 6.48 Å². The van der Waals surface area contributed by atoms with Crippen molar-refractivity contribution in [2.75, 3.05) is 26.2 Å². The second kappa shape index (κ2) is 7.87. The smallest absolute Gasteiger partial charge is 0.317 e. The lowest BCUT2D eigenvalue weighted by Crippen LogP contribution is -2.72. The zero-order valence-electron chi connectivity index (χ0n) is 12.0. The fourth-order valence-electron chi connectivity index (χ4n) is 2.40. The molecule has 0 aromatic heterocycles. The molecule has 0 bridgehead atoms. The van der Waals surface area contributed by atoms with Crippen molar-refractivity contribution in [3.05, 3.63) is 24.6 Å². The van der Waals surface area contributed by atoms with Gasteiger partial charge in [0.25, 0.3) is 0 Å². The third-order valence-electron chi connectivity index (χ3n) is 3.55. The molecule has 0 N–H and O–H groups in total. The Kier molecular flexibility index (Phi) is 8.05. The number of rotatable bonds is 9. The highest BCUT2D eigenvalue weighted by Gasteiger charge is 2.57. The Balaban J connectivity index is 5.70. The van der Waals surface area contributed by atoms with Gasteiger partial charge in [-0.2, -0.15) is 0 Å². The maximum Gasteiger partial charge on any atom is 0.333 e. The maximum atomic E-state index is 6.89. The van der Waals surface area contributed by atoms with E-state index in [0.29, 0.717) is 0 Å². The molecule has 0 heterocycles. The van der Waals surface area contributed by atoms with E-state index in [1.807, 2.05) is 11.4 Å². The van der Waals surface area contributed by atoms with Gasteiger partial charge in [0, 0.05) is 0 Å². The average molecular weight is 325 g/mol. The lowest BCUT2D eigenvalue weighted by Gasteiger charge is -2.46. The van der Waals surface area contributed by atoms with Gasteiger partial charge in [-0.3, -0.25) is 0 Å². The third-order valence-corrected chi connectivity index (χ3v) is 21.8. The summed E-state index contributed by atoms with van der Waals surface area (Å²) in [4.78, 5) is 0. The minimum Gasteiger partial charge on any atom is -0.317 e. The van der Waals surface area contributed by atoms with Crippen molar-refractivity contribution in [1.29, 1.82) is 0 Å². The van der Waals surface area contributed by atoms with E-state index in [4.69, 9.17) is 22.2 Å². The Hall–Kier alpha value is 0.414. The summed E-state index contributed by atoms with van der Waals surface area (Å²) in [5.41, 5.74) is 4.00. The Labute approximate surface area is 124 Å². The molecule has 0 amide bonds. The van der Waals surface area contributed by atoms with Crippen LogP contribution in [-0.4, -0.2) is 49.4 Å². The molecule has 0 aliphatic carbocycles. The van der Waals surface area contributed by atoms with Crippen LogP contribution in [0.1, 0.15) is 27.7 Å². The quantitative estimate of drug-likeness (QED) is 0.472. The van der Waals surface area contributed by atoms with E-state index in [2.05, 4.69) is 50.0 Å². The van der Waals surface area contributed by atoms with Crippen LogP contribution in [0.25, 0.3) is 0 Å². The van der Waals surface area contributed by atoms with Crippen LogP contribution < -0.4 is 0 Å². The summed E-state index contributed by atoms with van der Waals surface area (Å²) in [6.07, 6.45) is -2.61. The van der Waals surface area contributed by atoms with Crippen molar-refractivity contribution in [2.45, 2.75) is 27.7 Å². The highest BCUT2D eigenvalue weighted by atomic mass is 35.7. The van der Waals surface area contributed by atoms with E-state index in [-0.39, 0.29) is 0 Å². The molecule has 0 atom stereocenters. The van der Waals surface area contributed by atoms with Gasteiger partial charge in [0.1, 0.15) is 0 Å². The van der Waals surface area contributed by atoms with Crippen molar-refractivity contribution in [3.63, 3.8) is 0 Å². The second-order valence-electron chi connectivity index (χ2n) is 4.12. The Bertz CT molecular complexity index is 269. The third kappa shape index (κ3) is 3.11. The largest absolute Gasteiger partial charge is 0.333 e. The molecule has 0 unspecified atom stereocenters. The van der Waals surface area contributed by atoms with Gasteiger partial charge in [-0.25, -0.2) is 0 Å². The van der Waals surface area contributed by atoms with Crippen LogP contribution in [0.15, 0.2) is 24.6 Å². The number of hydrogen-bond acceptors (Lipinski definition) is 2. The molecule has 106 valence electrons. The van der Waals surface area contributed by atoms with Gasteiger partial charge in [0.15, 0.2) is 0 Å². The average Bonchev–Trinajstić information content (AvgIpc) is 2.36. The Morgan fingerprint density at radius 3 is 1.39 bits per heavy atom. The fraction of sp³-hybridized carbons (Fsp3) is 0.667. The summed E-state index contributed by atoms with van der Waals surface area (Å²) >= 11 is 13.8. The fourth-order valence-corrected chi connectivity index (χ4v) is 18.7. The van der Waals surface area contributed by atoms with E-state index in [0.717, 1.165) is 26.2 Å². The van der Waals surface area contributed by atoms with Crippen molar-refractivity contribution in [3.8, 4) is 0 Å². The van der Waals surface area contributed by atoms with Crippen molar-refractivity contribution >= 4 is 36.3 Å². The summed E-state index contributed by atoms with van der Waals surface area (Å²) in [7, 11) is -2.25. The first-order valence-corrected chi connectivity index (χ1v) is 13.6. The zero-order valence-corrected chi connectivity index (χ0v) is 15.6. The SMILES string of the molecule is C=C[Si](C=C)(N(CC)CC)[Si](Cl)(Cl)N(CC)CC. The highest BCUT2D eigenvalue weighted by Crippen LogP contribution is 2.34. The molecule has 0 aliphatic rings. The molecule has 2 nitrogen and oxygen atoms in total. The van der Waals surface area contributed by atoms with Crippen LogP contribution in [-0.2, 0) is 0 Å². The van der Waals surface area contributed by atoms with E-state index < -0.39 is 14.1 Å². The van der Waals surface area contributed by atoms with Crippen molar-refractivity contribution < 1.29 is 0 Å². The Morgan fingerprint density at radius 2 is 1.17 bits per heavy atom. The van der Waals surface area contributed by atoms with E-state index in [1.54, 1.807) is 0 Å². The molecule has 0 spiro atoms. The molecule has 0 saturated heterocycles. The van der Waals surface area contributed by atoms with Crippen molar-refractivity contribution in [2.24, 2.45) is 0 Å². The minimum absolute atomic E-state index is 0.868. The van der Waals surface area contributed by atoms with Gasteiger partial charge < -0.3 is 9.13 Å². The summed E-state index contributed by atoms with van der Waals surface area (Å²) in [5, 5.41) is 0. The summed E-state index contributed by atoms with van der Waals surface area (Å²) in [6.45, 7) is 20.1. The van der Waals surface area contributed by atoms with E-state index in [1.165, 1.54) is 0 Å². The van der Waals surface area contributed by atoms with Gasteiger partial charge in [-0.15, -0.1) is 35.3 Å². The number of halogens is 2. The number of hydrogen-bond donors (Lipinski definition) is 0. The molecule has 0 rings (SSSR count). The van der Waals surface area contributed by atoms with Gasteiger partial charge >= 0.3 is 6.37 Å². The van der Waals surface area contributed by atoms with Gasteiger partial charge in [0.2, 0.25) is 7.75 Å². The normalized spacial score (nSPS) is 13.1. The predicted molar refractivity (Wildman–Crippen MR) is 89.5 cm³/mol. The summed E-state index contributed by atoms with van der Waals surface area (Å²) in [5.74, 6) is 0.